The summed E-state index contributed by atoms with van der Waals surface area (Å²) in [6, 6.07) is 0. The van der Waals surface area contributed by atoms with Crippen LogP contribution in [0.5, 0.6) is 5.88 Å². The number of hydrogen-bond acceptors (Lipinski definition) is 5. The van der Waals surface area contributed by atoms with E-state index in [0.717, 1.165) is 36.6 Å². The molecule has 1 aliphatic heterocycles. The van der Waals surface area contributed by atoms with Gasteiger partial charge in [0.2, 0.25) is 5.88 Å². The molecular weight excluding hydrogens is 268 g/mol. The maximum absolute atomic E-state index is 5.98. The lowest BCUT2D eigenvalue weighted by atomic mass is 9.90. The standard InChI is InChI=1S/C15H20N4O2/c1-4-13-16-6-12(11-5-17-19(3)7-11)14(18-13)21-10-15(2)8-20-9-15/h5-7H,4,8-10H2,1-3H3. The summed E-state index contributed by atoms with van der Waals surface area (Å²) in [5, 5.41) is 4.20. The molecule has 0 unspecified atom stereocenters. The number of nitrogens with zero attached hydrogens (tertiary/aromatic N) is 4. The average Bonchev–Trinajstić information content (AvgIpc) is 2.89. The Hall–Kier alpha value is -1.95. The van der Waals surface area contributed by atoms with Gasteiger partial charge in [-0.3, -0.25) is 4.68 Å². The van der Waals surface area contributed by atoms with E-state index < -0.39 is 0 Å². The fourth-order valence-electron chi connectivity index (χ4n) is 2.22. The molecule has 0 bridgehead atoms. The van der Waals surface area contributed by atoms with Crippen molar-refractivity contribution in [3.05, 3.63) is 24.4 Å². The van der Waals surface area contributed by atoms with Crippen LogP contribution in [-0.2, 0) is 18.2 Å². The average molecular weight is 288 g/mol. The van der Waals surface area contributed by atoms with Gasteiger partial charge in [-0.2, -0.15) is 10.1 Å². The molecule has 3 heterocycles. The number of aromatic nitrogens is 4. The molecule has 112 valence electrons. The highest BCUT2D eigenvalue weighted by molar-refractivity contribution is 5.66. The fourth-order valence-corrected chi connectivity index (χ4v) is 2.22. The van der Waals surface area contributed by atoms with E-state index in [2.05, 4.69) is 22.0 Å². The molecule has 1 saturated heterocycles. The summed E-state index contributed by atoms with van der Waals surface area (Å²) in [7, 11) is 1.89. The van der Waals surface area contributed by atoms with Gasteiger partial charge in [-0.15, -0.1) is 0 Å². The van der Waals surface area contributed by atoms with Crippen LogP contribution in [-0.4, -0.2) is 39.6 Å². The Morgan fingerprint density at radius 3 is 2.76 bits per heavy atom. The third kappa shape index (κ3) is 2.90. The zero-order valence-corrected chi connectivity index (χ0v) is 12.7. The van der Waals surface area contributed by atoms with Crippen LogP contribution < -0.4 is 4.74 Å². The minimum Gasteiger partial charge on any atom is -0.476 e. The first-order valence-electron chi connectivity index (χ1n) is 7.15. The third-order valence-electron chi connectivity index (χ3n) is 3.59. The first kappa shape index (κ1) is 14.0. The van der Waals surface area contributed by atoms with E-state index in [0.29, 0.717) is 12.5 Å². The van der Waals surface area contributed by atoms with Gasteiger partial charge in [-0.1, -0.05) is 13.8 Å². The van der Waals surface area contributed by atoms with Crippen LogP contribution >= 0.6 is 0 Å². The van der Waals surface area contributed by atoms with Crippen molar-refractivity contribution < 1.29 is 9.47 Å². The topological polar surface area (TPSA) is 62.1 Å². The highest BCUT2D eigenvalue weighted by Gasteiger charge is 2.34. The van der Waals surface area contributed by atoms with Gasteiger partial charge in [0.05, 0.1) is 31.6 Å². The molecule has 2 aromatic rings. The molecule has 0 aromatic carbocycles. The molecule has 21 heavy (non-hydrogen) atoms. The predicted octanol–water partition coefficient (Wildman–Crippen LogP) is 1.85. The molecule has 2 aromatic heterocycles. The molecule has 3 rings (SSSR count). The SMILES string of the molecule is CCc1ncc(-c2cnn(C)c2)c(OCC2(C)COC2)n1. The Kier molecular flexibility index (Phi) is 3.63. The highest BCUT2D eigenvalue weighted by atomic mass is 16.5. The van der Waals surface area contributed by atoms with Crippen molar-refractivity contribution in [3.8, 4) is 17.0 Å². The molecule has 1 fully saturated rings. The molecule has 0 N–H and O–H groups in total. The maximum atomic E-state index is 5.98. The van der Waals surface area contributed by atoms with E-state index in [9.17, 15) is 0 Å². The molecule has 0 spiro atoms. The molecule has 0 atom stereocenters. The van der Waals surface area contributed by atoms with Gasteiger partial charge < -0.3 is 9.47 Å². The molecule has 0 amide bonds. The van der Waals surface area contributed by atoms with Crippen LogP contribution in [0.3, 0.4) is 0 Å². The smallest absolute Gasteiger partial charge is 0.224 e. The van der Waals surface area contributed by atoms with E-state index in [1.165, 1.54) is 0 Å². The lowest BCUT2D eigenvalue weighted by Gasteiger charge is -2.37. The van der Waals surface area contributed by atoms with E-state index in [1.807, 2.05) is 26.4 Å². The van der Waals surface area contributed by atoms with Gasteiger partial charge in [-0.25, -0.2) is 4.98 Å². The molecule has 6 heteroatoms. The second kappa shape index (κ2) is 5.44. The zero-order valence-electron chi connectivity index (χ0n) is 12.7. The summed E-state index contributed by atoms with van der Waals surface area (Å²) in [6.45, 7) is 6.26. The summed E-state index contributed by atoms with van der Waals surface area (Å²) in [5.41, 5.74) is 1.93. The summed E-state index contributed by atoms with van der Waals surface area (Å²) >= 11 is 0. The highest BCUT2D eigenvalue weighted by Crippen LogP contribution is 2.31. The summed E-state index contributed by atoms with van der Waals surface area (Å²) < 4.78 is 13.0. The Morgan fingerprint density at radius 2 is 2.19 bits per heavy atom. The van der Waals surface area contributed by atoms with E-state index in [1.54, 1.807) is 10.9 Å². The normalized spacial score (nSPS) is 16.5. The van der Waals surface area contributed by atoms with E-state index in [-0.39, 0.29) is 5.41 Å². The molecule has 0 aliphatic carbocycles. The van der Waals surface area contributed by atoms with Crippen LogP contribution in [0.2, 0.25) is 0 Å². The van der Waals surface area contributed by atoms with Crippen molar-refractivity contribution in [1.29, 1.82) is 0 Å². The van der Waals surface area contributed by atoms with Crippen molar-refractivity contribution in [2.45, 2.75) is 20.3 Å². The van der Waals surface area contributed by atoms with Crippen LogP contribution in [0.25, 0.3) is 11.1 Å². The van der Waals surface area contributed by atoms with Crippen LogP contribution in [0.4, 0.5) is 0 Å². The molecule has 0 saturated carbocycles. The predicted molar refractivity (Wildman–Crippen MR) is 78.0 cm³/mol. The Balaban J connectivity index is 1.88. The van der Waals surface area contributed by atoms with E-state index in [4.69, 9.17) is 9.47 Å². The van der Waals surface area contributed by atoms with Crippen molar-refractivity contribution in [2.24, 2.45) is 12.5 Å². The Labute approximate surface area is 124 Å². The molecule has 1 aliphatic rings. The van der Waals surface area contributed by atoms with Gasteiger partial charge in [0.15, 0.2) is 0 Å². The van der Waals surface area contributed by atoms with Crippen LogP contribution in [0.1, 0.15) is 19.7 Å². The summed E-state index contributed by atoms with van der Waals surface area (Å²) in [5.74, 6) is 1.41. The number of aryl methyl sites for hydroxylation is 2. The molecule has 0 radical (unpaired) electrons. The fraction of sp³-hybridized carbons (Fsp3) is 0.533. The van der Waals surface area contributed by atoms with E-state index >= 15 is 0 Å². The van der Waals surface area contributed by atoms with Gasteiger partial charge in [-0.05, 0) is 0 Å². The van der Waals surface area contributed by atoms with Crippen molar-refractivity contribution in [2.75, 3.05) is 19.8 Å². The van der Waals surface area contributed by atoms with Crippen LogP contribution in [0.15, 0.2) is 18.6 Å². The molecule has 6 nitrogen and oxygen atoms in total. The summed E-state index contributed by atoms with van der Waals surface area (Å²) in [4.78, 5) is 8.90. The number of rotatable bonds is 5. The lowest BCUT2D eigenvalue weighted by molar-refractivity contribution is -0.120. The second-order valence-electron chi connectivity index (χ2n) is 5.85. The van der Waals surface area contributed by atoms with Crippen molar-refractivity contribution in [3.63, 3.8) is 0 Å². The second-order valence-corrected chi connectivity index (χ2v) is 5.85. The largest absolute Gasteiger partial charge is 0.476 e. The Morgan fingerprint density at radius 1 is 1.38 bits per heavy atom. The van der Waals surface area contributed by atoms with Crippen molar-refractivity contribution in [1.82, 2.24) is 19.7 Å². The zero-order chi connectivity index (χ0) is 14.9. The van der Waals surface area contributed by atoms with Gasteiger partial charge >= 0.3 is 0 Å². The number of hydrogen-bond donors (Lipinski definition) is 0. The third-order valence-corrected chi connectivity index (χ3v) is 3.59. The summed E-state index contributed by atoms with van der Waals surface area (Å²) in [6.07, 6.45) is 6.33. The lowest BCUT2D eigenvalue weighted by Crippen LogP contribution is -2.44. The monoisotopic (exact) mass is 288 g/mol. The quantitative estimate of drug-likeness (QED) is 0.840. The Bertz CT molecular complexity index is 634. The van der Waals surface area contributed by atoms with Gasteiger partial charge in [0, 0.05) is 36.8 Å². The van der Waals surface area contributed by atoms with Gasteiger partial charge in [0.25, 0.3) is 0 Å². The maximum Gasteiger partial charge on any atom is 0.224 e. The van der Waals surface area contributed by atoms with Crippen molar-refractivity contribution >= 4 is 0 Å². The first-order chi connectivity index (χ1) is 10.1. The van der Waals surface area contributed by atoms with Gasteiger partial charge in [0.1, 0.15) is 5.82 Å². The molecular formula is C15H20N4O2. The minimum absolute atomic E-state index is 0.0868. The minimum atomic E-state index is 0.0868. The van der Waals surface area contributed by atoms with Crippen LogP contribution in [0, 0.1) is 5.41 Å². The first-order valence-corrected chi connectivity index (χ1v) is 7.15. The number of ether oxygens (including phenoxy) is 2.